The van der Waals surface area contributed by atoms with Gasteiger partial charge in [0.25, 0.3) is 5.91 Å². The Morgan fingerprint density at radius 2 is 1.68 bits per heavy atom. The highest BCUT2D eigenvalue weighted by Gasteiger charge is 2.32. The van der Waals surface area contributed by atoms with Crippen molar-refractivity contribution in [2.45, 2.75) is 64.7 Å². The molecule has 1 saturated heterocycles. The summed E-state index contributed by atoms with van der Waals surface area (Å²) in [6, 6.07) is 33.1. The third-order valence-corrected chi connectivity index (χ3v) is 12.2. The predicted molar refractivity (Wildman–Crippen MR) is 259 cm³/mol. The molecule has 0 aliphatic carbocycles. The van der Waals surface area contributed by atoms with E-state index in [0.29, 0.717) is 71.7 Å². The number of fused-ring (bicyclic) bond motifs is 2. The monoisotopic (exact) mass is 882 g/mol. The average Bonchev–Trinajstić information content (AvgIpc) is 3.98. The van der Waals surface area contributed by atoms with Crippen molar-refractivity contribution in [2.24, 2.45) is 0 Å². The van der Waals surface area contributed by atoms with E-state index in [2.05, 4.69) is 69.5 Å². The minimum atomic E-state index is -0.381. The van der Waals surface area contributed by atoms with Crippen molar-refractivity contribution < 1.29 is 14.6 Å². The molecule has 1 aliphatic rings. The Bertz CT molecular complexity index is 2950. The number of benzene rings is 3. The number of para-hydroxylation sites is 1. The van der Waals surface area contributed by atoms with Gasteiger partial charge in [0.2, 0.25) is 5.95 Å². The lowest BCUT2D eigenvalue weighted by Crippen LogP contribution is -2.45. The van der Waals surface area contributed by atoms with Gasteiger partial charge >= 0.3 is 0 Å². The first-order valence-electron chi connectivity index (χ1n) is 22.5. The number of carbonyl (C=O) groups is 1. The van der Waals surface area contributed by atoms with Crippen molar-refractivity contribution in [1.29, 1.82) is 0 Å². The third kappa shape index (κ3) is 9.02. The van der Waals surface area contributed by atoms with Gasteiger partial charge < -0.3 is 35.3 Å². The second-order valence-electron chi connectivity index (χ2n) is 16.9. The first kappa shape index (κ1) is 43.6. The topological polar surface area (TPSA) is 178 Å². The summed E-state index contributed by atoms with van der Waals surface area (Å²) in [7, 11) is 0. The Hall–Kier alpha value is -7.65. The van der Waals surface area contributed by atoms with E-state index in [9.17, 15) is 9.90 Å². The highest BCUT2D eigenvalue weighted by molar-refractivity contribution is 5.98. The van der Waals surface area contributed by atoms with Gasteiger partial charge in [0.05, 0.1) is 41.7 Å². The van der Waals surface area contributed by atoms with E-state index in [1.807, 2.05) is 106 Å². The van der Waals surface area contributed by atoms with E-state index in [0.717, 1.165) is 52.0 Å². The molecule has 0 unspecified atom stereocenters. The number of rotatable bonds is 16. The molecule has 336 valence electrons. The smallest absolute Gasteiger partial charge is 0.251 e. The van der Waals surface area contributed by atoms with Crippen LogP contribution in [0.1, 0.15) is 57.7 Å². The van der Waals surface area contributed by atoms with Gasteiger partial charge in [-0.15, -0.1) is 0 Å². The molecule has 6 heterocycles. The number of amides is 1. The van der Waals surface area contributed by atoms with Gasteiger partial charge in [0, 0.05) is 54.8 Å². The molecule has 1 aliphatic heterocycles. The van der Waals surface area contributed by atoms with Crippen LogP contribution in [0.2, 0.25) is 0 Å². The zero-order chi connectivity index (χ0) is 45.7. The van der Waals surface area contributed by atoms with Gasteiger partial charge in [-0.05, 0) is 93.3 Å². The molecule has 1 fully saturated rings. The largest absolute Gasteiger partial charge is 0.457 e. The number of nitrogen functional groups attached to an aromatic ring is 1. The van der Waals surface area contributed by atoms with Gasteiger partial charge in [0.1, 0.15) is 40.8 Å². The van der Waals surface area contributed by atoms with Crippen molar-refractivity contribution >= 4 is 45.6 Å². The van der Waals surface area contributed by atoms with E-state index in [4.69, 9.17) is 25.5 Å². The number of nitrogens with zero attached hydrogens (tertiary/aromatic N) is 10. The Labute approximate surface area is 383 Å². The molecule has 8 aromatic rings. The number of pyridine rings is 1. The SMILES string of the molecule is C=C(CN(c1nc(NCc2ccc(-c3ccccn3)cc2)c2ccn(C(C)C)c2n1)[C@H](CC)CO)C(=O)N1CCC[C@H](n2nc(-c3ccc(Oc4ccccc4)cc3)c3c(N)ncnc32)C1. The summed E-state index contributed by atoms with van der Waals surface area (Å²) in [5.41, 5.74) is 12.7. The molecule has 2 atom stereocenters. The second-order valence-corrected chi connectivity index (χ2v) is 16.9. The Kier molecular flexibility index (Phi) is 12.7. The normalized spacial score (nSPS) is 14.4. The summed E-state index contributed by atoms with van der Waals surface area (Å²) in [6.45, 7) is 12.0. The van der Waals surface area contributed by atoms with Crippen LogP contribution in [0.4, 0.5) is 17.6 Å². The van der Waals surface area contributed by atoms with E-state index >= 15 is 0 Å². The van der Waals surface area contributed by atoms with Crippen LogP contribution >= 0.6 is 0 Å². The molecule has 15 heteroatoms. The molecule has 5 aromatic heterocycles. The summed E-state index contributed by atoms with van der Waals surface area (Å²) in [5.74, 6) is 2.63. The molecule has 3 aromatic carbocycles. The number of aliphatic hydroxyl groups excluding tert-OH is 1. The molecule has 9 rings (SSSR count). The Morgan fingerprint density at radius 3 is 2.41 bits per heavy atom. The van der Waals surface area contributed by atoms with Crippen LogP contribution in [-0.4, -0.2) is 87.5 Å². The lowest BCUT2D eigenvalue weighted by molar-refractivity contribution is -0.128. The molecule has 4 N–H and O–H groups in total. The second kappa shape index (κ2) is 19.2. The van der Waals surface area contributed by atoms with Crippen LogP contribution in [0.5, 0.6) is 11.5 Å². The summed E-state index contributed by atoms with van der Waals surface area (Å²) in [5, 5.41) is 20.9. The quantitative estimate of drug-likeness (QED) is 0.0787. The number of carbonyl (C=O) groups excluding carboxylic acids is 1. The van der Waals surface area contributed by atoms with Crippen LogP contribution in [-0.2, 0) is 11.3 Å². The van der Waals surface area contributed by atoms with E-state index in [1.165, 1.54) is 6.33 Å². The van der Waals surface area contributed by atoms with Crippen LogP contribution in [0.25, 0.3) is 44.6 Å². The number of aliphatic hydroxyl groups is 1. The van der Waals surface area contributed by atoms with Crippen molar-refractivity contribution in [3.05, 3.63) is 140 Å². The van der Waals surface area contributed by atoms with Crippen molar-refractivity contribution in [1.82, 2.24) is 44.2 Å². The summed E-state index contributed by atoms with van der Waals surface area (Å²) < 4.78 is 10.0. The van der Waals surface area contributed by atoms with Crippen molar-refractivity contribution in [3.8, 4) is 34.0 Å². The molecule has 0 radical (unpaired) electrons. The predicted octanol–water partition coefficient (Wildman–Crippen LogP) is 8.86. The molecule has 0 saturated carbocycles. The minimum absolute atomic E-state index is 0.115. The molecule has 0 bridgehead atoms. The third-order valence-electron chi connectivity index (χ3n) is 12.2. The maximum Gasteiger partial charge on any atom is 0.251 e. The van der Waals surface area contributed by atoms with E-state index in [1.54, 1.807) is 6.20 Å². The fourth-order valence-corrected chi connectivity index (χ4v) is 8.62. The number of hydrogen-bond donors (Lipinski definition) is 3. The van der Waals surface area contributed by atoms with Gasteiger partial charge in [-0.2, -0.15) is 15.1 Å². The molecule has 0 spiro atoms. The lowest BCUT2D eigenvalue weighted by Gasteiger charge is -2.35. The van der Waals surface area contributed by atoms with Crippen molar-refractivity contribution in [2.75, 3.05) is 42.2 Å². The zero-order valence-electron chi connectivity index (χ0n) is 37.5. The molecular weight excluding hydrogens is 829 g/mol. The van der Waals surface area contributed by atoms with Gasteiger partial charge in [0.15, 0.2) is 5.65 Å². The van der Waals surface area contributed by atoms with Crippen molar-refractivity contribution in [3.63, 3.8) is 0 Å². The minimum Gasteiger partial charge on any atom is -0.457 e. The number of aromatic nitrogens is 8. The average molecular weight is 883 g/mol. The number of hydrogen-bond acceptors (Lipinski definition) is 12. The number of piperidine rings is 1. The van der Waals surface area contributed by atoms with E-state index < -0.39 is 0 Å². The van der Waals surface area contributed by atoms with Gasteiger partial charge in [-0.1, -0.05) is 62.0 Å². The lowest BCUT2D eigenvalue weighted by atomic mass is 10.0. The maximum absolute atomic E-state index is 14.5. The standard InChI is InChI=1S/C51H54N12O3/c1-5-38(31-64)62(51-57-47(42-24-27-61(33(2)3)48(42)58-51)54-28-35-16-18-36(19-17-35)43-15-9-10-25-53-43)29-34(4)50(65)60-26-11-12-39(30-60)63-49-44(46(52)55-32-56-49)45(59-63)37-20-22-41(23-21-37)66-40-13-7-6-8-14-40/h6-10,13-25,27,32-33,38-39,64H,4-5,11-12,26,28-31H2,1-3H3,(H2,52,55,56)(H,54,57,58)/t38-,39+/m1/s1. The number of ether oxygens (including phenoxy) is 1. The van der Waals surface area contributed by atoms with Crippen LogP contribution in [0.15, 0.2) is 134 Å². The molecular formula is C51H54N12O3. The highest BCUT2D eigenvalue weighted by Crippen LogP contribution is 2.36. The maximum atomic E-state index is 14.5. The summed E-state index contributed by atoms with van der Waals surface area (Å²) in [4.78, 5) is 41.9. The number of anilines is 3. The molecule has 15 nitrogen and oxygen atoms in total. The zero-order valence-corrected chi connectivity index (χ0v) is 37.5. The summed E-state index contributed by atoms with van der Waals surface area (Å²) >= 11 is 0. The summed E-state index contributed by atoms with van der Waals surface area (Å²) in [6.07, 6.45) is 7.38. The highest BCUT2D eigenvalue weighted by atomic mass is 16.5. The fourth-order valence-electron chi connectivity index (χ4n) is 8.62. The molecule has 1 amide bonds. The van der Waals surface area contributed by atoms with Gasteiger partial charge in [-0.3, -0.25) is 9.78 Å². The Balaban J connectivity index is 0.953. The van der Waals surface area contributed by atoms with Crippen LogP contribution in [0.3, 0.4) is 0 Å². The first-order chi connectivity index (χ1) is 32.2. The van der Waals surface area contributed by atoms with E-state index in [-0.39, 0.29) is 37.2 Å². The number of nitrogens with two attached hydrogens (primary N) is 1. The molecule has 66 heavy (non-hydrogen) atoms. The van der Waals surface area contributed by atoms with Crippen LogP contribution < -0.4 is 20.7 Å². The number of likely N-dealkylation sites (tertiary alicyclic amines) is 1. The fraction of sp³-hybridized carbons (Fsp3) is 0.275. The first-order valence-corrected chi connectivity index (χ1v) is 22.5. The Morgan fingerprint density at radius 1 is 0.924 bits per heavy atom. The van der Waals surface area contributed by atoms with Crippen LogP contribution in [0, 0.1) is 0 Å². The number of nitrogens with one attached hydrogen (secondary N) is 1. The van der Waals surface area contributed by atoms with Gasteiger partial charge in [-0.25, -0.2) is 14.6 Å².